The largest absolute Gasteiger partial charge is 0.423 e. The average Bonchev–Trinajstić information content (AvgIpc) is 2.60. The van der Waals surface area contributed by atoms with Crippen molar-refractivity contribution in [1.29, 1.82) is 0 Å². The lowest BCUT2D eigenvalue weighted by Gasteiger charge is -2.31. The molecule has 2 aromatic carbocycles. The molecular formula is C21H20N2O4. The topological polar surface area (TPSA) is 81.5 Å². The van der Waals surface area contributed by atoms with Crippen LogP contribution < -0.4 is 10.1 Å². The van der Waals surface area contributed by atoms with E-state index in [2.05, 4.69) is 25.2 Å². The number of allylic oxidation sites excluding steroid dienone is 1. The van der Waals surface area contributed by atoms with E-state index >= 15 is 0 Å². The van der Waals surface area contributed by atoms with Gasteiger partial charge in [-0.2, -0.15) is 0 Å². The third kappa shape index (κ3) is 4.41. The van der Waals surface area contributed by atoms with E-state index in [1.807, 2.05) is 19.1 Å². The number of nitrogens with one attached hydrogen (secondary N) is 1. The number of anilines is 1. The number of fused-ring (bicyclic) bond motifs is 1. The number of ether oxygens (including phenoxy) is 1. The fourth-order valence-corrected chi connectivity index (χ4v) is 3.08. The van der Waals surface area contributed by atoms with Gasteiger partial charge >= 0.3 is 5.97 Å². The first kappa shape index (κ1) is 18.4. The fourth-order valence-electron chi connectivity index (χ4n) is 3.08. The summed E-state index contributed by atoms with van der Waals surface area (Å²) in [7, 11) is 0. The maximum atomic E-state index is 12.1. The summed E-state index contributed by atoms with van der Waals surface area (Å²) in [5, 5.41) is 14.2. The Kier molecular flexibility index (Phi) is 4.81. The molecule has 0 radical (unpaired) electrons. The molecule has 0 unspecified atom stereocenters. The van der Waals surface area contributed by atoms with Gasteiger partial charge in [0.15, 0.2) is 0 Å². The highest BCUT2D eigenvalue weighted by molar-refractivity contribution is 5.89. The number of rotatable bonds is 4. The van der Waals surface area contributed by atoms with Crippen molar-refractivity contribution >= 4 is 29.0 Å². The van der Waals surface area contributed by atoms with Crippen LogP contribution in [0, 0.1) is 10.1 Å². The van der Waals surface area contributed by atoms with E-state index in [9.17, 15) is 14.9 Å². The van der Waals surface area contributed by atoms with Gasteiger partial charge in [0, 0.05) is 29.5 Å². The minimum atomic E-state index is -0.549. The van der Waals surface area contributed by atoms with Crippen molar-refractivity contribution in [3.05, 3.63) is 75.9 Å². The van der Waals surface area contributed by atoms with Crippen molar-refractivity contribution in [2.45, 2.75) is 26.3 Å². The highest BCUT2D eigenvalue weighted by Crippen LogP contribution is 2.35. The molecule has 0 amide bonds. The van der Waals surface area contributed by atoms with E-state index in [1.54, 1.807) is 18.2 Å². The summed E-state index contributed by atoms with van der Waals surface area (Å²) in [5.74, 6) is -0.108. The monoisotopic (exact) mass is 364 g/mol. The van der Waals surface area contributed by atoms with E-state index in [-0.39, 0.29) is 11.2 Å². The second kappa shape index (κ2) is 7.07. The van der Waals surface area contributed by atoms with Crippen LogP contribution in [0.4, 0.5) is 11.4 Å². The van der Waals surface area contributed by atoms with Crippen molar-refractivity contribution in [2.24, 2.45) is 0 Å². The Hall–Kier alpha value is -3.41. The zero-order valence-corrected chi connectivity index (χ0v) is 15.4. The minimum Gasteiger partial charge on any atom is -0.423 e. The Morgan fingerprint density at radius 1 is 1.22 bits per heavy atom. The number of hydrogen-bond acceptors (Lipinski definition) is 5. The molecule has 1 aliphatic heterocycles. The maximum absolute atomic E-state index is 12.1. The first-order valence-electron chi connectivity index (χ1n) is 8.50. The number of hydrogen-bond donors (Lipinski definition) is 1. The summed E-state index contributed by atoms with van der Waals surface area (Å²) in [6, 6.07) is 11.5. The maximum Gasteiger partial charge on any atom is 0.336 e. The normalized spacial score (nSPS) is 14.9. The van der Waals surface area contributed by atoms with Crippen LogP contribution in [0.15, 0.2) is 54.6 Å². The lowest BCUT2D eigenvalue weighted by molar-refractivity contribution is -0.384. The van der Waals surface area contributed by atoms with Crippen molar-refractivity contribution in [3.8, 4) is 5.75 Å². The van der Waals surface area contributed by atoms with Crippen molar-refractivity contribution in [3.63, 3.8) is 0 Å². The first-order chi connectivity index (χ1) is 12.7. The van der Waals surface area contributed by atoms with Crippen molar-refractivity contribution in [1.82, 2.24) is 0 Å². The van der Waals surface area contributed by atoms with Gasteiger partial charge in [0.25, 0.3) is 5.69 Å². The van der Waals surface area contributed by atoms with Crippen molar-refractivity contribution < 1.29 is 14.5 Å². The number of benzene rings is 2. The van der Waals surface area contributed by atoms with Crippen LogP contribution in [-0.4, -0.2) is 16.4 Å². The SMILES string of the molecule is CC1=CC(C)(C)Nc2ccc(OC(=O)C=Cc3cccc([N+](=O)[O-])c3)cc21. The first-order valence-corrected chi connectivity index (χ1v) is 8.50. The molecule has 0 aliphatic carbocycles. The Balaban J connectivity index is 1.73. The van der Waals surface area contributed by atoms with Crippen LogP contribution in [0.25, 0.3) is 11.6 Å². The summed E-state index contributed by atoms with van der Waals surface area (Å²) in [4.78, 5) is 22.4. The highest BCUT2D eigenvalue weighted by Gasteiger charge is 2.22. The molecule has 0 atom stereocenters. The Labute approximate surface area is 157 Å². The number of nitrogens with zero attached hydrogens (tertiary/aromatic N) is 1. The summed E-state index contributed by atoms with van der Waals surface area (Å²) < 4.78 is 5.37. The summed E-state index contributed by atoms with van der Waals surface area (Å²) in [6.45, 7) is 6.20. The Morgan fingerprint density at radius 2 is 2.00 bits per heavy atom. The Morgan fingerprint density at radius 3 is 2.74 bits per heavy atom. The quantitative estimate of drug-likeness (QED) is 0.276. The lowest BCUT2D eigenvalue weighted by Crippen LogP contribution is -2.31. The van der Waals surface area contributed by atoms with E-state index in [0.29, 0.717) is 11.3 Å². The van der Waals surface area contributed by atoms with E-state index < -0.39 is 10.9 Å². The minimum absolute atomic E-state index is 0.0297. The zero-order valence-electron chi connectivity index (χ0n) is 15.4. The smallest absolute Gasteiger partial charge is 0.336 e. The molecule has 0 bridgehead atoms. The van der Waals surface area contributed by atoms with Crippen LogP contribution in [0.5, 0.6) is 5.75 Å². The molecule has 1 heterocycles. The predicted octanol–water partition coefficient (Wildman–Crippen LogP) is 4.82. The third-order valence-corrected chi connectivity index (χ3v) is 4.16. The van der Waals surface area contributed by atoms with Gasteiger partial charge in [0.2, 0.25) is 0 Å². The third-order valence-electron chi connectivity index (χ3n) is 4.16. The summed E-state index contributed by atoms with van der Waals surface area (Å²) >= 11 is 0. The summed E-state index contributed by atoms with van der Waals surface area (Å²) in [6.07, 6.45) is 4.87. The van der Waals surface area contributed by atoms with Gasteiger partial charge in [-0.3, -0.25) is 10.1 Å². The summed E-state index contributed by atoms with van der Waals surface area (Å²) in [5.41, 5.74) is 3.48. The Bertz CT molecular complexity index is 974. The van der Waals surface area contributed by atoms with Gasteiger partial charge in [-0.25, -0.2) is 4.79 Å². The molecule has 3 rings (SSSR count). The second-order valence-corrected chi connectivity index (χ2v) is 6.99. The van der Waals surface area contributed by atoms with Gasteiger partial charge in [-0.1, -0.05) is 18.2 Å². The van der Waals surface area contributed by atoms with E-state index in [4.69, 9.17) is 4.74 Å². The molecule has 0 spiro atoms. The van der Waals surface area contributed by atoms with Crippen LogP contribution in [0.3, 0.4) is 0 Å². The van der Waals surface area contributed by atoms with E-state index in [1.165, 1.54) is 24.3 Å². The molecule has 1 aliphatic rings. The number of carbonyl (C=O) groups excluding carboxylic acids is 1. The standard InChI is InChI=1S/C21H20N2O4/c1-14-13-21(2,3)22-19-9-8-17(12-18(14)19)27-20(24)10-7-15-5-4-6-16(11-15)23(25)26/h4-13,22H,1-3H3. The average molecular weight is 364 g/mol. The molecule has 6 nitrogen and oxygen atoms in total. The number of carbonyl (C=O) groups is 1. The van der Waals surface area contributed by atoms with Gasteiger partial charge in [0.05, 0.1) is 10.5 Å². The molecule has 0 saturated carbocycles. The van der Waals surface area contributed by atoms with Gasteiger partial charge in [-0.05, 0) is 56.2 Å². The van der Waals surface area contributed by atoms with Gasteiger partial charge < -0.3 is 10.1 Å². The van der Waals surface area contributed by atoms with Crippen LogP contribution in [0.1, 0.15) is 31.9 Å². The lowest BCUT2D eigenvalue weighted by atomic mass is 9.91. The molecule has 0 saturated heterocycles. The molecule has 0 fully saturated rings. The van der Waals surface area contributed by atoms with Crippen LogP contribution in [-0.2, 0) is 4.79 Å². The number of esters is 1. The molecule has 27 heavy (non-hydrogen) atoms. The van der Waals surface area contributed by atoms with Crippen LogP contribution in [0.2, 0.25) is 0 Å². The zero-order chi connectivity index (χ0) is 19.6. The second-order valence-electron chi connectivity index (χ2n) is 6.99. The van der Waals surface area contributed by atoms with E-state index in [0.717, 1.165) is 16.8 Å². The highest BCUT2D eigenvalue weighted by atomic mass is 16.6. The van der Waals surface area contributed by atoms with Crippen molar-refractivity contribution in [2.75, 3.05) is 5.32 Å². The number of non-ortho nitro benzene ring substituents is 1. The molecule has 138 valence electrons. The predicted molar refractivity (Wildman–Crippen MR) is 106 cm³/mol. The fraction of sp³-hybridized carbons (Fsp3) is 0.190. The molecular weight excluding hydrogens is 344 g/mol. The molecule has 2 aromatic rings. The molecule has 1 N–H and O–H groups in total. The van der Waals surface area contributed by atoms with Gasteiger partial charge in [-0.15, -0.1) is 0 Å². The number of nitro benzene ring substituents is 1. The number of nitro groups is 1. The van der Waals surface area contributed by atoms with Crippen LogP contribution >= 0.6 is 0 Å². The van der Waals surface area contributed by atoms with Gasteiger partial charge in [0.1, 0.15) is 5.75 Å². The molecule has 6 heteroatoms. The molecule has 0 aromatic heterocycles.